The van der Waals surface area contributed by atoms with Crippen molar-refractivity contribution in [2.24, 2.45) is 0 Å². The highest BCUT2D eigenvalue weighted by Crippen LogP contribution is 2.34. The lowest BCUT2D eigenvalue weighted by molar-refractivity contribution is 0.0138. The van der Waals surface area contributed by atoms with Gasteiger partial charge in [0.15, 0.2) is 0 Å². The van der Waals surface area contributed by atoms with Gasteiger partial charge in [-0.2, -0.15) is 8.42 Å². The Morgan fingerprint density at radius 1 is 1.07 bits per heavy atom. The molecule has 1 saturated heterocycles. The Morgan fingerprint density at radius 2 is 1.61 bits per heavy atom. The summed E-state index contributed by atoms with van der Waals surface area (Å²) in [5, 5.41) is 0. The van der Waals surface area contributed by atoms with Crippen LogP contribution in [0.1, 0.15) is 43.0 Å². The maximum absolute atomic E-state index is 13.8. The summed E-state index contributed by atoms with van der Waals surface area (Å²) in [4.78, 5) is 15.6. The maximum atomic E-state index is 13.8. The van der Waals surface area contributed by atoms with Crippen LogP contribution in [0.25, 0.3) is 0 Å². The quantitative estimate of drug-likeness (QED) is 0.603. The van der Waals surface area contributed by atoms with Crippen molar-refractivity contribution >= 4 is 22.0 Å². The van der Waals surface area contributed by atoms with Crippen LogP contribution in [0.2, 0.25) is 0 Å². The zero-order valence-electron chi connectivity index (χ0n) is 17.4. The highest BCUT2D eigenvalue weighted by atomic mass is 32.3. The number of anilines is 1. The summed E-state index contributed by atoms with van der Waals surface area (Å²) >= 11 is 0. The number of carbonyl (C=O) groups excluding carboxylic acids is 1. The molecular formula is C19H30FN3O4S. The third-order valence-corrected chi connectivity index (χ3v) is 6.14. The topological polar surface area (TPSA) is 92.9 Å². The molecule has 2 rings (SSSR count). The van der Waals surface area contributed by atoms with E-state index in [2.05, 4.69) is 4.90 Å². The van der Waals surface area contributed by atoms with Crippen molar-refractivity contribution in [1.82, 2.24) is 9.80 Å². The molecule has 1 aromatic carbocycles. The lowest BCUT2D eigenvalue weighted by atomic mass is 9.96. The first kappa shape index (κ1) is 22.4. The smallest absolute Gasteiger partial charge is 0.410 e. The Labute approximate surface area is 166 Å². The van der Waals surface area contributed by atoms with Crippen LogP contribution in [0, 0.1) is 20.8 Å². The monoisotopic (exact) mass is 415 g/mol. The number of halogens is 1. The van der Waals surface area contributed by atoms with Gasteiger partial charge in [-0.3, -0.25) is 4.90 Å². The molecule has 0 aliphatic carbocycles. The van der Waals surface area contributed by atoms with Crippen molar-refractivity contribution in [1.29, 1.82) is 0 Å². The van der Waals surface area contributed by atoms with Crippen molar-refractivity contribution < 1.29 is 21.8 Å². The Bertz CT molecular complexity index is 870. The number of piperazine rings is 1. The summed E-state index contributed by atoms with van der Waals surface area (Å²) in [6.45, 7) is 13.1. The summed E-state index contributed by atoms with van der Waals surface area (Å²) in [5.74, 6) is 0. The number of nitrogens with two attached hydrogens (primary N) is 1. The molecule has 0 unspecified atom stereocenters. The van der Waals surface area contributed by atoms with E-state index in [4.69, 9.17) is 10.5 Å². The minimum absolute atomic E-state index is 0.246. The molecule has 0 aromatic heterocycles. The van der Waals surface area contributed by atoms with Crippen molar-refractivity contribution in [3.63, 3.8) is 0 Å². The number of hydrogen-bond acceptors (Lipinski definition) is 6. The van der Waals surface area contributed by atoms with Gasteiger partial charge >= 0.3 is 16.3 Å². The van der Waals surface area contributed by atoms with Crippen molar-refractivity contribution in [3.8, 4) is 0 Å². The Kier molecular flexibility index (Phi) is 6.30. The fraction of sp³-hybridized carbons (Fsp3) is 0.632. The molecule has 1 heterocycles. The van der Waals surface area contributed by atoms with Crippen molar-refractivity contribution in [3.05, 3.63) is 22.3 Å². The van der Waals surface area contributed by atoms with Gasteiger partial charge in [-0.25, -0.2) is 4.79 Å². The number of nitrogens with zero attached hydrogens (tertiary/aromatic N) is 2. The standard InChI is InChI=1S/C19H30FN3O4S/c1-12-15(13(2)17(28(20,25)26)14(3)16(12)21)11-22-7-9-23(10-8-22)18(24)27-19(4,5)6/h7-11,21H2,1-6H3. The van der Waals surface area contributed by atoms with Crippen molar-refractivity contribution in [2.75, 3.05) is 31.9 Å². The summed E-state index contributed by atoms with van der Waals surface area (Å²) in [6, 6.07) is 0. The lowest BCUT2D eigenvalue weighted by Gasteiger charge is -2.36. The summed E-state index contributed by atoms with van der Waals surface area (Å²) < 4.78 is 42.5. The van der Waals surface area contributed by atoms with Gasteiger partial charge in [0.05, 0.1) is 0 Å². The van der Waals surface area contributed by atoms with Gasteiger partial charge in [-0.1, -0.05) is 0 Å². The van der Waals surface area contributed by atoms with Crippen LogP contribution < -0.4 is 5.73 Å². The molecular weight excluding hydrogens is 385 g/mol. The average Bonchev–Trinajstić information content (AvgIpc) is 2.54. The molecule has 1 aromatic rings. The minimum Gasteiger partial charge on any atom is -0.444 e. The predicted molar refractivity (Wildman–Crippen MR) is 106 cm³/mol. The number of amides is 1. The van der Waals surface area contributed by atoms with Gasteiger partial charge in [0.25, 0.3) is 0 Å². The van der Waals surface area contributed by atoms with E-state index in [0.717, 1.165) is 5.56 Å². The molecule has 28 heavy (non-hydrogen) atoms. The molecule has 1 aliphatic heterocycles. The number of carbonyl (C=O) groups is 1. The second-order valence-corrected chi connectivity index (χ2v) is 9.56. The average molecular weight is 416 g/mol. The third-order valence-electron chi connectivity index (χ3n) is 5.04. The van der Waals surface area contributed by atoms with E-state index < -0.39 is 15.8 Å². The molecule has 0 atom stereocenters. The first-order valence-corrected chi connectivity index (χ1v) is 10.6. The van der Waals surface area contributed by atoms with Crippen LogP contribution in [-0.2, 0) is 21.5 Å². The highest BCUT2D eigenvalue weighted by Gasteiger charge is 2.28. The molecule has 1 fully saturated rings. The molecule has 1 aliphatic rings. The lowest BCUT2D eigenvalue weighted by Crippen LogP contribution is -2.49. The number of hydrogen-bond donors (Lipinski definition) is 1. The minimum atomic E-state index is -4.87. The zero-order chi connectivity index (χ0) is 21.4. The first-order valence-electron chi connectivity index (χ1n) is 9.25. The molecule has 0 bridgehead atoms. The van der Waals surface area contributed by atoms with Gasteiger partial charge in [0.2, 0.25) is 0 Å². The molecule has 158 valence electrons. The van der Waals surface area contributed by atoms with E-state index in [9.17, 15) is 17.1 Å². The molecule has 2 N–H and O–H groups in total. The first-order chi connectivity index (χ1) is 12.7. The normalized spacial score (nSPS) is 16.3. The maximum Gasteiger partial charge on any atom is 0.410 e. The van der Waals surface area contributed by atoms with Crippen LogP contribution in [-0.4, -0.2) is 56.1 Å². The van der Waals surface area contributed by atoms with Gasteiger partial charge < -0.3 is 15.4 Å². The van der Waals surface area contributed by atoms with E-state index in [-0.39, 0.29) is 16.6 Å². The van der Waals surface area contributed by atoms with Gasteiger partial charge in [-0.15, -0.1) is 3.89 Å². The molecule has 0 spiro atoms. The second kappa shape index (κ2) is 7.87. The molecule has 0 radical (unpaired) electrons. The van der Waals surface area contributed by atoms with Crippen LogP contribution in [0.4, 0.5) is 14.4 Å². The van der Waals surface area contributed by atoms with Crippen LogP contribution >= 0.6 is 0 Å². The van der Waals surface area contributed by atoms with E-state index in [0.29, 0.717) is 49.5 Å². The largest absolute Gasteiger partial charge is 0.444 e. The zero-order valence-corrected chi connectivity index (χ0v) is 18.2. The summed E-state index contributed by atoms with van der Waals surface area (Å²) in [6.07, 6.45) is -0.343. The van der Waals surface area contributed by atoms with Gasteiger partial charge in [0.1, 0.15) is 10.5 Å². The molecule has 0 saturated carbocycles. The van der Waals surface area contributed by atoms with Crippen LogP contribution in [0.15, 0.2) is 4.90 Å². The fourth-order valence-electron chi connectivity index (χ4n) is 3.51. The SMILES string of the molecule is Cc1c(N)c(C)c(S(=O)(=O)F)c(C)c1CN1CCN(C(=O)OC(C)(C)C)CC1. The number of rotatable bonds is 3. The predicted octanol–water partition coefficient (Wildman–Crippen LogP) is 2.90. The van der Waals surface area contributed by atoms with E-state index >= 15 is 0 Å². The van der Waals surface area contributed by atoms with Gasteiger partial charge in [0, 0.05) is 38.4 Å². The van der Waals surface area contributed by atoms with Crippen LogP contribution in [0.5, 0.6) is 0 Å². The van der Waals surface area contributed by atoms with Crippen molar-refractivity contribution in [2.45, 2.75) is 58.6 Å². The number of ether oxygens (including phenoxy) is 1. The molecule has 7 nitrogen and oxygen atoms in total. The molecule has 9 heteroatoms. The van der Waals surface area contributed by atoms with Gasteiger partial charge in [-0.05, 0) is 63.8 Å². The van der Waals surface area contributed by atoms with Crippen LogP contribution in [0.3, 0.4) is 0 Å². The Hall–Kier alpha value is -1.87. The summed E-state index contributed by atoms with van der Waals surface area (Å²) in [5.41, 5.74) is 7.92. The Balaban J connectivity index is 2.18. The molecule has 1 amide bonds. The van der Waals surface area contributed by atoms with E-state index in [1.54, 1.807) is 11.8 Å². The second-order valence-electron chi connectivity index (χ2n) is 8.28. The summed E-state index contributed by atoms with van der Waals surface area (Å²) in [7, 11) is -4.87. The Morgan fingerprint density at radius 3 is 2.07 bits per heavy atom. The van der Waals surface area contributed by atoms with E-state index in [1.807, 2.05) is 27.7 Å². The third kappa shape index (κ3) is 4.94. The fourth-order valence-corrected chi connectivity index (χ4v) is 4.47. The number of nitrogen functional groups attached to an aromatic ring is 1. The highest BCUT2D eigenvalue weighted by molar-refractivity contribution is 7.86. The van der Waals surface area contributed by atoms with E-state index in [1.165, 1.54) is 6.92 Å². The number of benzene rings is 1.